The van der Waals surface area contributed by atoms with Crippen molar-refractivity contribution in [3.05, 3.63) is 35.6 Å². The number of halogens is 1. The topological polar surface area (TPSA) is 69.6 Å². The summed E-state index contributed by atoms with van der Waals surface area (Å²) in [5.41, 5.74) is 0.800. The number of benzene rings is 1. The van der Waals surface area contributed by atoms with E-state index in [1.54, 1.807) is 26.1 Å². The number of nitrogens with zero attached hydrogens (tertiary/aromatic N) is 1. The number of amides is 2. The predicted molar refractivity (Wildman–Crippen MR) is 72.7 cm³/mol. The van der Waals surface area contributed by atoms with Crippen LogP contribution < -0.4 is 5.32 Å². The highest BCUT2D eigenvalue weighted by Crippen LogP contribution is 2.06. The van der Waals surface area contributed by atoms with Gasteiger partial charge in [-0.2, -0.15) is 0 Å². The lowest BCUT2D eigenvalue weighted by Gasteiger charge is -2.19. The van der Waals surface area contributed by atoms with Crippen molar-refractivity contribution in [1.82, 2.24) is 10.2 Å². The molecule has 1 atom stereocenters. The van der Waals surface area contributed by atoms with Crippen LogP contribution in [0.3, 0.4) is 0 Å². The van der Waals surface area contributed by atoms with E-state index in [1.165, 1.54) is 17.0 Å². The number of hydrogen-bond acceptors (Lipinski definition) is 2. The number of carbonyl (C=O) groups excluding carboxylic acids is 1. The van der Waals surface area contributed by atoms with Gasteiger partial charge in [0.25, 0.3) is 0 Å². The molecular formula is C14H19FN2O3. The summed E-state index contributed by atoms with van der Waals surface area (Å²) < 4.78 is 12.8. The molecule has 2 amide bonds. The Morgan fingerprint density at radius 1 is 1.35 bits per heavy atom. The first-order valence-electron chi connectivity index (χ1n) is 6.40. The third kappa shape index (κ3) is 4.87. The first-order valence-corrected chi connectivity index (χ1v) is 6.40. The molecule has 2 N–H and O–H groups in total. The Morgan fingerprint density at radius 2 is 1.95 bits per heavy atom. The molecule has 0 aliphatic carbocycles. The highest BCUT2D eigenvalue weighted by atomic mass is 19.1. The van der Waals surface area contributed by atoms with Gasteiger partial charge in [0.05, 0.1) is 5.92 Å². The number of nitrogens with one attached hydrogen (secondary N) is 1. The van der Waals surface area contributed by atoms with Gasteiger partial charge in [0, 0.05) is 20.1 Å². The first-order chi connectivity index (χ1) is 9.43. The molecule has 1 aromatic carbocycles. The van der Waals surface area contributed by atoms with Gasteiger partial charge in [0.15, 0.2) is 0 Å². The number of aliphatic carboxylic acids is 1. The summed E-state index contributed by atoms with van der Waals surface area (Å²) in [4.78, 5) is 24.1. The van der Waals surface area contributed by atoms with Crippen molar-refractivity contribution in [2.24, 2.45) is 5.92 Å². The number of carboxylic acids is 1. The van der Waals surface area contributed by atoms with Crippen LogP contribution in [0.2, 0.25) is 0 Å². The second-order valence-corrected chi connectivity index (χ2v) is 4.61. The van der Waals surface area contributed by atoms with Crippen LogP contribution in [0.25, 0.3) is 0 Å². The van der Waals surface area contributed by atoms with E-state index in [4.69, 9.17) is 5.11 Å². The highest BCUT2D eigenvalue weighted by Gasteiger charge is 2.17. The number of urea groups is 1. The van der Waals surface area contributed by atoms with Crippen LogP contribution in [0.4, 0.5) is 9.18 Å². The molecule has 1 aromatic rings. The average Bonchev–Trinajstić information content (AvgIpc) is 2.41. The Balaban J connectivity index is 2.46. The SMILES string of the molecule is CCC(CNC(=O)N(C)Cc1ccc(F)cc1)C(=O)O. The summed E-state index contributed by atoms with van der Waals surface area (Å²) in [5.74, 6) is -1.83. The second-order valence-electron chi connectivity index (χ2n) is 4.61. The minimum absolute atomic E-state index is 0.0957. The number of carboxylic acid groups (broad SMARTS) is 1. The summed E-state index contributed by atoms with van der Waals surface area (Å²) in [6.07, 6.45) is 0.456. The van der Waals surface area contributed by atoms with Crippen LogP contribution >= 0.6 is 0 Å². The maximum Gasteiger partial charge on any atom is 0.317 e. The standard InChI is InChI=1S/C14H19FN2O3/c1-3-11(13(18)19)8-16-14(20)17(2)9-10-4-6-12(15)7-5-10/h4-7,11H,3,8-9H2,1-2H3,(H,16,20)(H,18,19). The van der Waals surface area contributed by atoms with Crippen molar-refractivity contribution in [1.29, 1.82) is 0 Å². The lowest BCUT2D eigenvalue weighted by Crippen LogP contribution is -2.40. The molecular weight excluding hydrogens is 263 g/mol. The van der Waals surface area contributed by atoms with Gasteiger partial charge in [-0.3, -0.25) is 4.79 Å². The molecule has 5 nitrogen and oxygen atoms in total. The Bertz CT molecular complexity index is 462. The predicted octanol–water partition coefficient (Wildman–Crippen LogP) is 2.08. The third-order valence-corrected chi connectivity index (χ3v) is 3.02. The largest absolute Gasteiger partial charge is 0.481 e. The van der Waals surface area contributed by atoms with E-state index >= 15 is 0 Å². The zero-order valence-electron chi connectivity index (χ0n) is 11.6. The van der Waals surface area contributed by atoms with E-state index in [0.717, 1.165) is 5.56 Å². The van der Waals surface area contributed by atoms with Crippen molar-refractivity contribution < 1.29 is 19.1 Å². The van der Waals surface area contributed by atoms with E-state index in [9.17, 15) is 14.0 Å². The molecule has 0 radical (unpaired) electrons. The van der Waals surface area contributed by atoms with E-state index in [2.05, 4.69) is 5.32 Å². The van der Waals surface area contributed by atoms with Crippen LogP contribution in [0.15, 0.2) is 24.3 Å². The van der Waals surface area contributed by atoms with Gasteiger partial charge in [-0.1, -0.05) is 19.1 Å². The zero-order valence-corrected chi connectivity index (χ0v) is 11.6. The second kappa shape index (κ2) is 7.47. The maximum absolute atomic E-state index is 12.8. The van der Waals surface area contributed by atoms with Gasteiger partial charge in [-0.05, 0) is 24.1 Å². The molecule has 0 bridgehead atoms. The first kappa shape index (κ1) is 15.9. The summed E-state index contributed by atoms with van der Waals surface area (Å²) in [6, 6.07) is 5.52. The number of hydrogen-bond donors (Lipinski definition) is 2. The number of carbonyl (C=O) groups is 2. The minimum atomic E-state index is -0.922. The molecule has 0 spiro atoms. The normalized spacial score (nSPS) is 11.8. The lowest BCUT2D eigenvalue weighted by atomic mass is 10.1. The summed E-state index contributed by atoms with van der Waals surface area (Å²) in [6.45, 7) is 2.18. The van der Waals surface area contributed by atoms with Crippen molar-refractivity contribution in [3.63, 3.8) is 0 Å². The van der Waals surface area contributed by atoms with Gasteiger partial charge < -0.3 is 15.3 Å². The minimum Gasteiger partial charge on any atom is -0.481 e. The van der Waals surface area contributed by atoms with Crippen LogP contribution in [0.5, 0.6) is 0 Å². The van der Waals surface area contributed by atoms with Gasteiger partial charge >= 0.3 is 12.0 Å². The molecule has 1 unspecified atom stereocenters. The molecule has 6 heteroatoms. The van der Waals surface area contributed by atoms with Crippen molar-refractivity contribution in [2.75, 3.05) is 13.6 Å². The third-order valence-electron chi connectivity index (χ3n) is 3.02. The lowest BCUT2D eigenvalue weighted by molar-refractivity contribution is -0.141. The van der Waals surface area contributed by atoms with Crippen molar-refractivity contribution in [2.45, 2.75) is 19.9 Å². The van der Waals surface area contributed by atoms with E-state index in [1.807, 2.05) is 0 Å². The van der Waals surface area contributed by atoms with Crippen LogP contribution in [0, 0.1) is 11.7 Å². The van der Waals surface area contributed by atoms with Crippen LogP contribution in [-0.4, -0.2) is 35.6 Å². The van der Waals surface area contributed by atoms with Crippen molar-refractivity contribution in [3.8, 4) is 0 Å². The monoisotopic (exact) mass is 282 g/mol. The van der Waals surface area contributed by atoms with Gasteiger partial charge in [-0.15, -0.1) is 0 Å². The summed E-state index contributed by atoms with van der Waals surface area (Å²) in [7, 11) is 1.60. The molecule has 0 aliphatic heterocycles. The van der Waals surface area contributed by atoms with E-state index in [-0.39, 0.29) is 18.4 Å². The quantitative estimate of drug-likeness (QED) is 0.839. The van der Waals surface area contributed by atoms with Crippen molar-refractivity contribution >= 4 is 12.0 Å². The molecule has 20 heavy (non-hydrogen) atoms. The van der Waals surface area contributed by atoms with Gasteiger partial charge in [-0.25, -0.2) is 9.18 Å². The number of rotatable bonds is 6. The van der Waals surface area contributed by atoms with Gasteiger partial charge in [0.2, 0.25) is 0 Å². The van der Waals surface area contributed by atoms with E-state index < -0.39 is 11.9 Å². The Morgan fingerprint density at radius 3 is 2.45 bits per heavy atom. The summed E-state index contributed by atoms with van der Waals surface area (Å²) >= 11 is 0. The average molecular weight is 282 g/mol. The maximum atomic E-state index is 12.8. The Kier molecular flexibility index (Phi) is 5.96. The Labute approximate surface area is 117 Å². The molecule has 0 aliphatic rings. The molecule has 0 saturated heterocycles. The molecule has 110 valence electrons. The Hall–Kier alpha value is -2.11. The zero-order chi connectivity index (χ0) is 15.1. The van der Waals surface area contributed by atoms with Gasteiger partial charge in [0.1, 0.15) is 5.82 Å². The molecule has 0 fully saturated rings. The molecule has 0 heterocycles. The fourth-order valence-corrected chi connectivity index (χ4v) is 1.69. The summed E-state index contributed by atoms with van der Waals surface area (Å²) in [5, 5.41) is 11.5. The molecule has 0 aromatic heterocycles. The fourth-order valence-electron chi connectivity index (χ4n) is 1.69. The van der Waals surface area contributed by atoms with Crippen LogP contribution in [-0.2, 0) is 11.3 Å². The highest BCUT2D eigenvalue weighted by molar-refractivity contribution is 5.75. The van der Waals surface area contributed by atoms with E-state index in [0.29, 0.717) is 13.0 Å². The van der Waals surface area contributed by atoms with Crippen LogP contribution in [0.1, 0.15) is 18.9 Å². The smallest absolute Gasteiger partial charge is 0.317 e. The molecule has 1 rings (SSSR count). The fraction of sp³-hybridized carbons (Fsp3) is 0.429. The molecule has 0 saturated carbocycles.